The van der Waals surface area contributed by atoms with Crippen LogP contribution in [0.2, 0.25) is 0 Å². The van der Waals surface area contributed by atoms with Crippen LogP contribution in [0.5, 0.6) is 0 Å². The molecule has 30 heavy (non-hydrogen) atoms. The topological polar surface area (TPSA) is 61.4 Å². The second-order valence-corrected chi connectivity index (χ2v) is 7.42. The highest BCUT2D eigenvalue weighted by Crippen LogP contribution is 2.23. The summed E-state index contributed by atoms with van der Waals surface area (Å²) in [6.45, 7) is 0.939. The van der Waals surface area contributed by atoms with E-state index in [2.05, 4.69) is 28.8 Å². The Morgan fingerprint density at radius 3 is 2.37 bits per heavy atom. The molecule has 0 radical (unpaired) electrons. The van der Waals surface area contributed by atoms with E-state index in [9.17, 15) is 9.59 Å². The molecule has 0 bridgehead atoms. The Labute approximate surface area is 176 Å². The second kappa shape index (κ2) is 9.27. The van der Waals surface area contributed by atoms with Gasteiger partial charge in [0.05, 0.1) is 6.54 Å². The van der Waals surface area contributed by atoms with Crippen LogP contribution < -0.4 is 15.5 Å². The zero-order valence-corrected chi connectivity index (χ0v) is 16.8. The van der Waals surface area contributed by atoms with Crippen LogP contribution in [-0.4, -0.2) is 24.9 Å². The molecule has 1 fully saturated rings. The number of nitrogens with zero attached hydrogens (tertiary/aromatic N) is 1. The minimum absolute atomic E-state index is 0.116. The van der Waals surface area contributed by atoms with Gasteiger partial charge in [-0.3, -0.25) is 9.59 Å². The number of nitrogens with one attached hydrogen (secondary N) is 2. The summed E-state index contributed by atoms with van der Waals surface area (Å²) in [7, 11) is 0. The van der Waals surface area contributed by atoms with Crippen LogP contribution in [-0.2, 0) is 16.0 Å². The van der Waals surface area contributed by atoms with Gasteiger partial charge in [-0.1, -0.05) is 48.5 Å². The summed E-state index contributed by atoms with van der Waals surface area (Å²) in [5, 5.41) is 6.16. The summed E-state index contributed by atoms with van der Waals surface area (Å²) >= 11 is 0. The largest absolute Gasteiger partial charge is 0.376 e. The molecule has 4 rings (SSSR count). The van der Waals surface area contributed by atoms with Gasteiger partial charge >= 0.3 is 0 Å². The number of hydrogen-bond donors (Lipinski definition) is 2. The molecule has 2 N–H and O–H groups in total. The molecule has 1 heterocycles. The zero-order valence-electron chi connectivity index (χ0n) is 16.8. The highest BCUT2D eigenvalue weighted by Gasteiger charge is 2.21. The van der Waals surface area contributed by atoms with Crippen LogP contribution >= 0.6 is 0 Å². The Bertz CT molecular complexity index is 1020. The highest BCUT2D eigenvalue weighted by molar-refractivity contribution is 5.96. The predicted molar refractivity (Wildman–Crippen MR) is 121 cm³/mol. The van der Waals surface area contributed by atoms with Gasteiger partial charge in [0.25, 0.3) is 0 Å². The molecule has 3 aromatic rings. The van der Waals surface area contributed by atoms with Crippen molar-refractivity contribution in [3.8, 4) is 0 Å². The molecular weight excluding hydrogens is 374 g/mol. The van der Waals surface area contributed by atoms with Crippen molar-refractivity contribution in [3.05, 3.63) is 90.0 Å². The molecule has 0 unspecified atom stereocenters. The summed E-state index contributed by atoms with van der Waals surface area (Å²) in [6, 6.07) is 25.7. The van der Waals surface area contributed by atoms with Crippen LogP contribution in [0.1, 0.15) is 24.0 Å². The monoisotopic (exact) mass is 399 g/mol. The lowest BCUT2D eigenvalue weighted by atomic mass is 10.0. The van der Waals surface area contributed by atoms with Crippen molar-refractivity contribution in [3.63, 3.8) is 0 Å². The molecule has 1 aliphatic rings. The minimum atomic E-state index is -0.116. The van der Waals surface area contributed by atoms with E-state index in [4.69, 9.17) is 0 Å². The quantitative estimate of drug-likeness (QED) is 0.617. The summed E-state index contributed by atoms with van der Waals surface area (Å²) in [5.41, 5.74) is 4.93. The molecule has 5 nitrogen and oxygen atoms in total. The van der Waals surface area contributed by atoms with Crippen LogP contribution in [0, 0.1) is 0 Å². The van der Waals surface area contributed by atoms with Crippen molar-refractivity contribution < 1.29 is 9.59 Å². The van der Waals surface area contributed by atoms with E-state index in [-0.39, 0.29) is 18.4 Å². The van der Waals surface area contributed by atoms with Crippen LogP contribution in [0.15, 0.2) is 78.9 Å². The molecule has 3 aromatic carbocycles. The maximum absolute atomic E-state index is 12.4. The number of carbonyl (C=O) groups excluding carboxylic acids is 2. The van der Waals surface area contributed by atoms with Crippen molar-refractivity contribution in [2.75, 3.05) is 28.6 Å². The molecule has 5 heteroatoms. The first-order chi connectivity index (χ1) is 14.7. The lowest BCUT2D eigenvalue weighted by Gasteiger charge is -2.16. The first-order valence-electron chi connectivity index (χ1n) is 10.2. The van der Waals surface area contributed by atoms with E-state index in [0.29, 0.717) is 6.42 Å². The summed E-state index contributed by atoms with van der Waals surface area (Å²) < 4.78 is 0. The fourth-order valence-corrected chi connectivity index (χ4v) is 3.69. The third-order valence-corrected chi connectivity index (χ3v) is 5.23. The molecule has 0 aromatic heterocycles. The number of para-hydroxylation sites is 1. The average Bonchev–Trinajstić information content (AvgIpc) is 3.20. The minimum Gasteiger partial charge on any atom is -0.376 e. The molecule has 1 aliphatic heterocycles. The first kappa shape index (κ1) is 19.7. The van der Waals surface area contributed by atoms with Crippen LogP contribution in [0.25, 0.3) is 0 Å². The average molecular weight is 399 g/mol. The molecule has 0 aliphatic carbocycles. The fraction of sp³-hybridized carbons (Fsp3) is 0.200. The number of hydrogen-bond acceptors (Lipinski definition) is 3. The molecule has 0 saturated carbocycles. The maximum Gasteiger partial charge on any atom is 0.243 e. The van der Waals surface area contributed by atoms with Crippen molar-refractivity contribution in [1.29, 1.82) is 0 Å². The van der Waals surface area contributed by atoms with Gasteiger partial charge in [-0.2, -0.15) is 0 Å². The number of carbonyl (C=O) groups is 2. The van der Waals surface area contributed by atoms with E-state index >= 15 is 0 Å². The Morgan fingerprint density at radius 1 is 0.900 bits per heavy atom. The molecule has 0 atom stereocenters. The van der Waals surface area contributed by atoms with E-state index < -0.39 is 0 Å². The van der Waals surface area contributed by atoms with Gasteiger partial charge < -0.3 is 15.5 Å². The molecule has 0 spiro atoms. The van der Waals surface area contributed by atoms with E-state index in [1.54, 1.807) is 4.90 Å². The highest BCUT2D eigenvalue weighted by atomic mass is 16.2. The van der Waals surface area contributed by atoms with Gasteiger partial charge in [0.2, 0.25) is 11.8 Å². The van der Waals surface area contributed by atoms with E-state index in [0.717, 1.165) is 42.0 Å². The van der Waals surface area contributed by atoms with Gasteiger partial charge in [0, 0.05) is 30.0 Å². The fourth-order valence-electron chi connectivity index (χ4n) is 3.69. The normalized spacial score (nSPS) is 13.3. The molecule has 1 saturated heterocycles. The van der Waals surface area contributed by atoms with Crippen LogP contribution in [0.3, 0.4) is 0 Å². The zero-order chi connectivity index (χ0) is 20.8. The van der Waals surface area contributed by atoms with Crippen LogP contribution in [0.4, 0.5) is 17.1 Å². The maximum atomic E-state index is 12.4. The molecule has 152 valence electrons. The standard InChI is InChI=1S/C25H25N3O2/c29-24(27-21-12-14-22(15-13-21)28-16-6-11-25(28)30)18-26-23-10-5-4-9-20(23)17-19-7-2-1-3-8-19/h1-5,7-10,12-15,26H,6,11,16-18H2,(H,27,29). The number of anilines is 3. The van der Waals surface area contributed by atoms with Crippen molar-refractivity contribution in [2.24, 2.45) is 0 Å². The van der Waals surface area contributed by atoms with Crippen molar-refractivity contribution >= 4 is 28.9 Å². The summed E-state index contributed by atoms with van der Waals surface area (Å²) in [5.74, 6) is 0.0414. The molecular formula is C25H25N3O2. The Hall–Kier alpha value is -3.60. The van der Waals surface area contributed by atoms with Gasteiger partial charge in [0.15, 0.2) is 0 Å². The van der Waals surface area contributed by atoms with Crippen molar-refractivity contribution in [2.45, 2.75) is 19.3 Å². The van der Waals surface area contributed by atoms with E-state index in [1.165, 1.54) is 5.56 Å². The third-order valence-electron chi connectivity index (χ3n) is 5.23. The van der Waals surface area contributed by atoms with Gasteiger partial charge in [0.1, 0.15) is 0 Å². The number of rotatable bonds is 7. The lowest BCUT2D eigenvalue weighted by Crippen LogP contribution is -2.24. The first-order valence-corrected chi connectivity index (χ1v) is 10.2. The van der Waals surface area contributed by atoms with Gasteiger partial charge in [-0.15, -0.1) is 0 Å². The SMILES string of the molecule is O=C(CNc1ccccc1Cc1ccccc1)Nc1ccc(N2CCCC2=O)cc1. The molecule has 2 amide bonds. The lowest BCUT2D eigenvalue weighted by molar-refractivity contribution is -0.117. The van der Waals surface area contributed by atoms with Gasteiger partial charge in [-0.25, -0.2) is 0 Å². The summed E-state index contributed by atoms with van der Waals surface area (Å²) in [4.78, 5) is 26.0. The third kappa shape index (κ3) is 4.87. The Balaban J connectivity index is 1.33. The van der Waals surface area contributed by atoms with Gasteiger partial charge in [-0.05, 0) is 54.3 Å². The predicted octanol–water partition coefficient (Wildman–Crippen LogP) is 4.45. The number of benzene rings is 3. The second-order valence-electron chi connectivity index (χ2n) is 7.42. The Kier molecular flexibility index (Phi) is 6.09. The summed E-state index contributed by atoms with van der Waals surface area (Å²) in [6.07, 6.45) is 2.31. The van der Waals surface area contributed by atoms with Crippen molar-refractivity contribution in [1.82, 2.24) is 0 Å². The van der Waals surface area contributed by atoms with E-state index in [1.807, 2.05) is 60.7 Å². The Morgan fingerprint density at radius 2 is 1.63 bits per heavy atom. The smallest absolute Gasteiger partial charge is 0.243 e. The number of amides is 2.